The quantitative estimate of drug-likeness (QED) is 0.669. The second-order valence-electron chi connectivity index (χ2n) is 6.75. The van der Waals surface area contributed by atoms with Gasteiger partial charge in [0.15, 0.2) is 0 Å². The summed E-state index contributed by atoms with van der Waals surface area (Å²) in [6.07, 6.45) is 6.97. The number of amides is 1. The van der Waals surface area contributed by atoms with Crippen LogP contribution < -0.4 is 0 Å². The lowest BCUT2D eigenvalue weighted by atomic mass is 9.80. The molecule has 18 heavy (non-hydrogen) atoms. The van der Waals surface area contributed by atoms with E-state index < -0.39 is 5.41 Å². The highest BCUT2D eigenvalue weighted by Gasteiger charge is 2.44. The first-order valence-corrected chi connectivity index (χ1v) is 7.20. The summed E-state index contributed by atoms with van der Waals surface area (Å²) in [6, 6.07) is 2.37. The maximum absolute atomic E-state index is 12.7. The van der Waals surface area contributed by atoms with Crippen LogP contribution in [0.5, 0.6) is 0 Å². The molecular weight excluding hydrogens is 224 g/mol. The first-order valence-electron chi connectivity index (χ1n) is 7.20. The summed E-state index contributed by atoms with van der Waals surface area (Å²) in [4.78, 5) is 14.6. The van der Waals surface area contributed by atoms with Crippen LogP contribution in [-0.4, -0.2) is 23.9 Å². The summed E-state index contributed by atoms with van der Waals surface area (Å²) >= 11 is 0. The van der Waals surface area contributed by atoms with Gasteiger partial charge in [0.1, 0.15) is 5.41 Å². The first kappa shape index (κ1) is 13.4. The van der Waals surface area contributed by atoms with E-state index in [4.69, 9.17) is 0 Å². The molecule has 3 heteroatoms. The molecular formula is C15H24N2O. The predicted molar refractivity (Wildman–Crippen MR) is 70.7 cm³/mol. The zero-order valence-corrected chi connectivity index (χ0v) is 11.7. The van der Waals surface area contributed by atoms with E-state index >= 15 is 0 Å². The second kappa shape index (κ2) is 4.91. The van der Waals surface area contributed by atoms with E-state index in [1.54, 1.807) is 0 Å². The molecule has 1 saturated carbocycles. The van der Waals surface area contributed by atoms with Crippen molar-refractivity contribution in [3.63, 3.8) is 0 Å². The number of carbonyl (C=O) groups is 1. The molecule has 1 aliphatic heterocycles. The molecule has 1 heterocycles. The molecule has 1 aliphatic carbocycles. The summed E-state index contributed by atoms with van der Waals surface area (Å²) in [5, 5.41) is 9.53. The van der Waals surface area contributed by atoms with Crippen LogP contribution in [0.1, 0.15) is 58.8 Å². The molecule has 0 radical (unpaired) electrons. The van der Waals surface area contributed by atoms with Gasteiger partial charge in [-0.25, -0.2) is 0 Å². The first-order chi connectivity index (χ1) is 8.49. The summed E-state index contributed by atoms with van der Waals surface area (Å²) in [5.41, 5.74) is -0.492. The van der Waals surface area contributed by atoms with Crippen molar-refractivity contribution in [3.8, 4) is 6.07 Å². The van der Waals surface area contributed by atoms with Crippen molar-refractivity contribution in [2.24, 2.45) is 10.8 Å². The molecule has 0 unspecified atom stereocenters. The molecule has 0 aromatic carbocycles. The smallest absolute Gasteiger partial charge is 0.243 e. The van der Waals surface area contributed by atoms with Crippen LogP contribution in [0, 0.1) is 22.2 Å². The van der Waals surface area contributed by atoms with Crippen LogP contribution in [0.25, 0.3) is 0 Å². The van der Waals surface area contributed by atoms with E-state index in [1.807, 2.05) is 4.90 Å². The third kappa shape index (κ3) is 2.53. The fourth-order valence-corrected chi connectivity index (χ4v) is 3.29. The Morgan fingerprint density at radius 1 is 1.11 bits per heavy atom. The lowest BCUT2D eigenvalue weighted by molar-refractivity contribution is -0.139. The predicted octanol–water partition coefficient (Wildman–Crippen LogP) is 3.11. The Labute approximate surface area is 110 Å². The van der Waals surface area contributed by atoms with Crippen molar-refractivity contribution in [3.05, 3.63) is 0 Å². The van der Waals surface area contributed by atoms with Crippen LogP contribution >= 0.6 is 0 Å². The average Bonchev–Trinajstić information content (AvgIpc) is 2.57. The van der Waals surface area contributed by atoms with Crippen LogP contribution in [0.3, 0.4) is 0 Å². The molecule has 1 amide bonds. The SMILES string of the molecule is CC1(C)CCN(C(=O)C2(C#N)CCCCCC2)C1. The van der Waals surface area contributed by atoms with Crippen LogP contribution in [-0.2, 0) is 4.79 Å². The second-order valence-corrected chi connectivity index (χ2v) is 6.75. The highest BCUT2D eigenvalue weighted by atomic mass is 16.2. The minimum absolute atomic E-state index is 0.109. The average molecular weight is 248 g/mol. The highest BCUT2D eigenvalue weighted by Crippen LogP contribution is 2.39. The van der Waals surface area contributed by atoms with E-state index in [9.17, 15) is 10.1 Å². The molecule has 0 N–H and O–H groups in total. The van der Waals surface area contributed by atoms with Gasteiger partial charge < -0.3 is 4.90 Å². The van der Waals surface area contributed by atoms with Gasteiger partial charge in [-0.2, -0.15) is 5.26 Å². The lowest BCUT2D eigenvalue weighted by Gasteiger charge is -2.30. The van der Waals surface area contributed by atoms with E-state index in [0.717, 1.165) is 45.2 Å². The Bertz CT molecular complexity index is 359. The number of carbonyl (C=O) groups excluding carboxylic acids is 1. The molecule has 3 nitrogen and oxygen atoms in total. The van der Waals surface area contributed by atoms with Crippen molar-refractivity contribution in [1.82, 2.24) is 4.90 Å². The Balaban J connectivity index is 2.13. The molecule has 0 bridgehead atoms. The van der Waals surface area contributed by atoms with E-state index in [0.29, 0.717) is 0 Å². The van der Waals surface area contributed by atoms with Gasteiger partial charge in [0, 0.05) is 13.1 Å². The fourth-order valence-electron chi connectivity index (χ4n) is 3.29. The molecule has 0 atom stereocenters. The molecule has 2 fully saturated rings. The number of nitrogens with zero attached hydrogens (tertiary/aromatic N) is 2. The zero-order valence-electron chi connectivity index (χ0n) is 11.7. The van der Waals surface area contributed by atoms with Crippen LogP contribution in [0.2, 0.25) is 0 Å². The Morgan fingerprint density at radius 3 is 2.17 bits per heavy atom. The molecule has 2 aliphatic rings. The summed E-state index contributed by atoms with van der Waals surface area (Å²) < 4.78 is 0. The molecule has 0 aromatic rings. The number of hydrogen-bond donors (Lipinski definition) is 0. The van der Waals surface area contributed by atoms with Crippen LogP contribution in [0.15, 0.2) is 0 Å². The summed E-state index contributed by atoms with van der Waals surface area (Å²) in [7, 11) is 0. The normalized spacial score (nSPS) is 26.4. The zero-order chi connectivity index (χ0) is 13.2. The van der Waals surface area contributed by atoms with Crippen molar-refractivity contribution in [2.45, 2.75) is 58.8 Å². The Kier molecular flexibility index (Phi) is 3.66. The highest BCUT2D eigenvalue weighted by molar-refractivity contribution is 5.85. The summed E-state index contributed by atoms with van der Waals surface area (Å²) in [6.45, 7) is 6.05. The molecule has 0 spiro atoms. The molecule has 100 valence electrons. The maximum Gasteiger partial charge on any atom is 0.243 e. The van der Waals surface area contributed by atoms with Gasteiger partial charge in [-0.15, -0.1) is 0 Å². The number of hydrogen-bond acceptors (Lipinski definition) is 2. The largest absolute Gasteiger partial charge is 0.341 e. The topological polar surface area (TPSA) is 44.1 Å². The van der Waals surface area contributed by atoms with E-state index in [-0.39, 0.29) is 11.3 Å². The van der Waals surface area contributed by atoms with Crippen LogP contribution in [0.4, 0.5) is 0 Å². The number of nitriles is 1. The Hall–Kier alpha value is -1.04. The van der Waals surface area contributed by atoms with Gasteiger partial charge in [-0.1, -0.05) is 39.5 Å². The number of rotatable bonds is 1. The van der Waals surface area contributed by atoms with E-state index in [2.05, 4.69) is 19.9 Å². The van der Waals surface area contributed by atoms with Gasteiger partial charge in [0.25, 0.3) is 0 Å². The monoisotopic (exact) mass is 248 g/mol. The fraction of sp³-hybridized carbons (Fsp3) is 0.867. The number of likely N-dealkylation sites (tertiary alicyclic amines) is 1. The molecule has 1 saturated heterocycles. The van der Waals surface area contributed by atoms with Crippen molar-refractivity contribution >= 4 is 5.91 Å². The van der Waals surface area contributed by atoms with Gasteiger partial charge in [-0.3, -0.25) is 4.79 Å². The van der Waals surface area contributed by atoms with Gasteiger partial charge in [-0.05, 0) is 24.7 Å². The van der Waals surface area contributed by atoms with Crippen molar-refractivity contribution in [1.29, 1.82) is 5.26 Å². The van der Waals surface area contributed by atoms with Gasteiger partial charge in [0.05, 0.1) is 6.07 Å². The Morgan fingerprint density at radius 2 is 1.72 bits per heavy atom. The van der Waals surface area contributed by atoms with Gasteiger partial charge >= 0.3 is 0 Å². The third-order valence-corrected chi connectivity index (χ3v) is 4.55. The minimum Gasteiger partial charge on any atom is -0.341 e. The maximum atomic E-state index is 12.7. The van der Waals surface area contributed by atoms with E-state index in [1.165, 1.54) is 12.8 Å². The van der Waals surface area contributed by atoms with Gasteiger partial charge in [0.2, 0.25) is 5.91 Å². The van der Waals surface area contributed by atoms with Crippen molar-refractivity contribution in [2.75, 3.05) is 13.1 Å². The summed E-state index contributed by atoms with van der Waals surface area (Å²) in [5.74, 6) is 0.109. The minimum atomic E-state index is -0.711. The molecule has 2 rings (SSSR count). The lowest BCUT2D eigenvalue weighted by Crippen LogP contribution is -2.42. The third-order valence-electron chi connectivity index (χ3n) is 4.55. The van der Waals surface area contributed by atoms with Crippen molar-refractivity contribution < 1.29 is 4.79 Å². The molecule has 0 aromatic heterocycles. The standard InChI is InChI=1S/C15H24N2O/c1-14(2)9-10-17(12-14)13(18)15(11-16)7-5-3-4-6-8-15/h3-10,12H2,1-2H3.